The van der Waals surface area contributed by atoms with Crippen molar-refractivity contribution in [3.05, 3.63) is 52.7 Å². The number of nitrogens with two attached hydrogens (primary N) is 1. The summed E-state index contributed by atoms with van der Waals surface area (Å²) in [7, 11) is 0. The number of aliphatic hydroxyl groups excluding tert-OH is 1. The van der Waals surface area contributed by atoms with Gasteiger partial charge in [-0.3, -0.25) is 14.6 Å². The number of carbonyl (C=O) groups is 2. The molecule has 1 aliphatic rings. The zero-order chi connectivity index (χ0) is 15.7. The summed E-state index contributed by atoms with van der Waals surface area (Å²) in [6, 6.07) is 6.64. The summed E-state index contributed by atoms with van der Waals surface area (Å²) in [5.74, 6) is 5.48. The van der Waals surface area contributed by atoms with Crippen LogP contribution in [0.1, 0.15) is 38.3 Å². The molecule has 112 valence electrons. The van der Waals surface area contributed by atoms with E-state index in [0.717, 1.165) is 0 Å². The Morgan fingerprint density at radius 1 is 1.09 bits per heavy atom. The van der Waals surface area contributed by atoms with Crippen molar-refractivity contribution in [3.8, 4) is 0 Å². The van der Waals surface area contributed by atoms with E-state index in [4.69, 9.17) is 10.9 Å². The van der Waals surface area contributed by atoms with Crippen LogP contribution in [-0.2, 0) is 0 Å². The third-order valence-electron chi connectivity index (χ3n) is 3.55. The number of aliphatic hydroxyl groups is 1. The molecular weight excluding hydrogens is 284 g/mol. The lowest BCUT2D eigenvalue weighted by Crippen LogP contribution is -2.36. The summed E-state index contributed by atoms with van der Waals surface area (Å²) in [6.07, 6.45) is 1.70. The summed E-state index contributed by atoms with van der Waals surface area (Å²) < 4.78 is 0. The van der Waals surface area contributed by atoms with Gasteiger partial charge in [0.2, 0.25) is 0 Å². The zero-order valence-electron chi connectivity index (χ0n) is 11.7. The highest BCUT2D eigenvalue weighted by molar-refractivity contribution is 6.29. The lowest BCUT2D eigenvalue weighted by molar-refractivity contribution is 0.0978. The monoisotopic (exact) mass is 298 g/mol. The molecule has 7 heteroatoms. The van der Waals surface area contributed by atoms with E-state index in [1.807, 2.05) is 0 Å². The predicted octanol–water partition coefficient (Wildman–Crippen LogP) is 0.314. The molecule has 0 radical (unpaired) electrons. The maximum absolute atomic E-state index is 12.7. The van der Waals surface area contributed by atoms with E-state index in [9.17, 15) is 9.59 Å². The smallest absolute Gasteiger partial charge is 0.198 e. The van der Waals surface area contributed by atoms with Crippen LogP contribution in [0, 0.1) is 0 Å². The number of hydrogen-bond acceptors (Lipinski definition) is 7. The highest BCUT2D eigenvalue weighted by atomic mass is 16.3. The van der Waals surface area contributed by atoms with Gasteiger partial charge in [0, 0.05) is 24.3 Å². The average Bonchev–Trinajstić information content (AvgIpc) is 2.57. The lowest BCUT2D eigenvalue weighted by Gasteiger charge is -2.23. The zero-order valence-corrected chi connectivity index (χ0v) is 11.7. The molecule has 0 bridgehead atoms. The molecule has 22 heavy (non-hydrogen) atoms. The Balaban J connectivity index is 2.13. The first kappa shape index (κ1) is 14.3. The van der Waals surface area contributed by atoms with Crippen LogP contribution in [-0.4, -0.2) is 40.0 Å². The standard InChI is InChI=1S/C15H14N4O3/c16-19(6-3-7-20)15-12-11(8-17-18-15)13(21)9-4-1-2-5-10(9)14(12)22/h1-2,4-5,8,20H,3,6-7,16H2. The molecule has 0 amide bonds. The molecule has 3 N–H and O–H groups in total. The minimum Gasteiger partial charge on any atom is -0.396 e. The number of nitrogens with zero attached hydrogens (tertiary/aromatic N) is 3. The second kappa shape index (κ2) is 5.63. The third kappa shape index (κ3) is 2.16. The van der Waals surface area contributed by atoms with Gasteiger partial charge in [-0.15, -0.1) is 5.10 Å². The Kier molecular flexibility index (Phi) is 3.66. The Labute approximate surface area is 126 Å². The van der Waals surface area contributed by atoms with E-state index < -0.39 is 0 Å². The van der Waals surface area contributed by atoms with Crippen LogP contribution in [0.25, 0.3) is 0 Å². The number of carbonyl (C=O) groups excluding carboxylic acids is 2. The number of ketones is 2. The van der Waals surface area contributed by atoms with Crippen molar-refractivity contribution in [2.24, 2.45) is 5.84 Å². The van der Waals surface area contributed by atoms with E-state index in [0.29, 0.717) is 24.1 Å². The second-order valence-corrected chi connectivity index (χ2v) is 4.93. The van der Waals surface area contributed by atoms with E-state index in [2.05, 4.69) is 10.2 Å². The van der Waals surface area contributed by atoms with Crippen molar-refractivity contribution in [1.29, 1.82) is 0 Å². The predicted molar refractivity (Wildman–Crippen MR) is 78.6 cm³/mol. The fourth-order valence-corrected chi connectivity index (χ4v) is 2.48. The molecule has 1 aromatic carbocycles. The third-order valence-corrected chi connectivity index (χ3v) is 3.55. The maximum atomic E-state index is 12.7. The topological polar surface area (TPSA) is 109 Å². The molecule has 0 saturated carbocycles. The fourth-order valence-electron chi connectivity index (χ4n) is 2.48. The Hall–Kier alpha value is -2.64. The lowest BCUT2D eigenvalue weighted by atomic mass is 9.85. The molecule has 3 rings (SSSR count). The molecule has 7 nitrogen and oxygen atoms in total. The SMILES string of the molecule is NN(CCCO)c1nncc2c1C(=O)c1ccccc1C2=O. The number of anilines is 1. The quantitative estimate of drug-likeness (QED) is 0.527. The molecule has 0 atom stereocenters. The van der Waals surface area contributed by atoms with Crippen molar-refractivity contribution in [1.82, 2.24) is 10.2 Å². The minimum atomic E-state index is -0.297. The molecule has 2 aromatic rings. The number of aromatic nitrogens is 2. The van der Waals surface area contributed by atoms with Crippen molar-refractivity contribution in [3.63, 3.8) is 0 Å². The van der Waals surface area contributed by atoms with Crippen molar-refractivity contribution >= 4 is 17.4 Å². The van der Waals surface area contributed by atoms with Gasteiger partial charge >= 0.3 is 0 Å². The fraction of sp³-hybridized carbons (Fsp3) is 0.200. The average molecular weight is 298 g/mol. The Morgan fingerprint density at radius 3 is 2.45 bits per heavy atom. The highest BCUT2D eigenvalue weighted by Gasteiger charge is 2.33. The van der Waals surface area contributed by atoms with Crippen LogP contribution < -0.4 is 10.9 Å². The first-order chi connectivity index (χ1) is 10.6. The Morgan fingerprint density at radius 2 is 1.77 bits per heavy atom. The number of rotatable bonds is 4. The second-order valence-electron chi connectivity index (χ2n) is 4.93. The first-order valence-corrected chi connectivity index (χ1v) is 6.82. The van der Waals surface area contributed by atoms with Gasteiger partial charge in [-0.05, 0) is 6.42 Å². The molecule has 1 aromatic heterocycles. The van der Waals surface area contributed by atoms with Gasteiger partial charge in [-0.2, -0.15) is 5.10 Å². The number of hydrazine groups is 1. The number of hydrogen-bond donors (Lipinski definition) is 2. The van der Waals surface area contributed by atoms with Gasteiger partial charge < -0.3 is 5.11 Å². The summed E-state index contributed by atoms with van der Waals surface area (Å²) in [6.45, 7) is 0.261. The van der Waals surface area contributed by atoms with E-state index in [1.54, 1.807) is 24.3 Å². The largest absolute Gasteiger partial charge is 0.396 e. The van der Waals surface area contributed by atoms with Crippen LogP contribution in [0.4, 0.5) is 5.82 Å². The van der Waals surface area contributed by atoms with E-state index in [1.165, 1.54) is 11.2 Å². The molecule has 1 heterocycles. The van der Waals surface area contributed by atoms with Crippen molar-refractivity contribution < 1.29 is 14.7 Å². The molecule has 0 saturated heterocycles. The molecule has 1 aliphatic carbocycles. The number of fused-ring (bicyclic) bond motifs is 2. The molecule has 0 unspecified atom stereocenters. The van der Waals surface area contributed by atoms with Gasteiger partial charge in [-0.25, -0.2) is 5.84 Å². The summed E-state index contributed by atoms with van der Waals surface area (Å²) in [4.78, 5) is 25.2. The van der Waals surface area contributed by atoms with Crippen molar-refractivity contribution in [2.75, 3.05) is 18.2 Å². The minimum absolute atomic E-state index is 0.0359. The maximum Gasteiger partial charge on any atom is 0.198 e. The number of benzene rings is 1. The molecule has 0 fully saturated rings. The normalized spacial score (nSPS) is 12.8. The molecule has 0 aliphatic heterocycles. The van der Waals surface area contributed by atoms with Crippen molar-refractivity contribution in [2.45, 2.75) is 6.42 Å². The molecule has 0 spiro atoms. The molecular formula is C15H14N4O3. The summed E-state index contributed by atoms with van der Waals surface area (Å²) in [5, 5.41) is 17.8. The summed E-state index contributed by atoms with van der Waals surface area (Å²) in [5.41, 5.74) is 1.06. The van der Waals surface area contributed by atoms with Gasteiger partial charge in [-0.1, -0.05) is 24.3 Å². The van der Waals surface area contributed by atoms with Crippen LogP contribution in [0.2, 0.25) is 0 Å². The van der Waals surface area contributed by atoms with Gasteiger partial charge in [0.25, 0.3) is 0 Å². The van der Waals surface area contributed by atoms with Crippen LogP contribution >= 0.6 is 0 Å². The van der Waals surface area contributed by atoms with E-state index >= 15 is 0 Å². The van der Waals surface area contributed by atoms with Gasteiger partial charge in [0.1, 0.15) is 0 Å². The Bertz CT molecular complexity index is 760. The summed E-state index contributed by atoms with van der Waals surface area (Å²) >= 11 is 0. The van der Waals surface area contributed by atoms with Gasteiger partial charge in [0.15, 0.2) is 17.4 Å². The van der Waals surface area contributed by atoms with E-state index in [-0.39, 0.29) is 35.1 Å². The van der Waals surface area contributed by atoms with Gasteiger partial charge in [0.05, 0.1) is 17.3 Å². The highest BCUT2D eigenvalue weighted by Crippen LogP contribution is 2.30. The van der Waals surface area contributed by atoms with Crippen LogP contribution in [0.3, 0.4) is 0 Å². The van der Waals surface area contributed by atoms with Crippen LogP contribution in [0.5, 0.6) is 0 Å². The first-order valence-electron chi connectivity index (χ1n) is 6.82. The van der Waals surface area contributed by atoms with Crippen LogP contribution in [0.15, 0.2) is 30.5 Å².